The van der Waals surface area contributed by atoms with Crippen molar-refractivity contribution in [2.24, 2.45) is 0 Å². The highest BCUT2D eigenvalue weighted by Crippen LogP contribution is 2.33. The zero-order valence-electron chi connectivity index (χ0n) is 16.5. The molecule has 2 aromatic heterocycles. The summed E-state index contributed by atoms with van der Waals surface area (Å²) < 4.78 is 8.29. The number of anilines is 1. The number of hydrogen-bond acceptors (Lipinski definition) is 6. The Labute approximate surface area is 168 Å². The third-order valence-electron chi connectivity index (χ3n) is 4.96. The van der Waals surface area contributed by atoms with Gasteiger partial charge in [-0.3, -0.25) is 4.79 Å². The van der Waals surface area contributed by atoms with E-state index in [0.29, 0.717) is 19.7 Å². The summed E-state index contributed by atoms with van der Waals surface area (Å²) in [7, 11) is 0. The number of thiazole rings is 1. The number of ether oxygens (including phenoxy) is 1. The van der Waals surface area contributed by atoms with E-state index in [9.17, 15) is 4.79 Å². The Morgan fingerprint density at radius 2 is 2.00 bits per heavy atom. The van der Waals surface area contributed by atoms with Gasteiger partial charge in [-0.2, -0.15) is 10.1 Å². The van der Waals surface area contributed by atoms with E-state index in [2.05, 4.69) is 30.0 Å². The number of rotatable bonds is 5. The zero-order chi connectivity index (χ0) is 19.7. The SMILES string of the molecule is CCOCC(=O)N1CCN(c2nc3c(s2)c(C)nn3-c2cccc(C)c2)CC1. The highest BCUT2D eigenvalue weighted by molar-refractivity contribution is 7.22. The fourth-order valence-corrected chi connectivity index (χ4v) is 4.46. The zero-order valence-corrected chi connectivity index (χ0v) is 17.3. The molecule has 4 rings (SSSR count). The first-order chi connectivity index (χ1) is 13.6. The molecule has 1 aliphatic rings. The van der Waals surface area contributed by atoms with Crippen LogP contribution in [0.5, 0.6) is 0 Å². The quantitative estimate of drug-likeness (QED) is 0.660. The number of aryl methyl sites for hydroxylation is 2. The van der Waals surface area contributed by atoms with Gasteiger partial charge in [0.05, 0.1) is 16.1 Å². The van der Waals surface area contributed by atoms with Crippen molar-refractivity contribution < 1.29 is 9.53 Å². The number of hydrogen-bond donors (Lipinski definition) is 0. The number of amides is 1. The predicted octanol–water partition coefficient (Wildman–Crippen LogP) is 2.78. The Morgan fingerprint density at radius 3 is 2.71 bits per heavy atom. The minimum absolute atomic E-state index is 0.0664. The van der Waals surface area contributed by atoms with Crippen molar-refractivity contribution in [1.29, 1.82) is 0 Å². The lowest BCUT2D eigenvalue weighted by molar-refractivity contribution is -0.136. The standard InChI is InChI=1S/C20H25N5O2S/c1-4-27-13-17(26)23-8-10-24(11-9-23)20-21-19-18(28-20)15(3)22-25(19)16-7-5-6-14(2)12-16/h5-7,12H,4,8-11,13H2,1-3H3. The molecule has 0 unspecified atom stereocenters. The van der Waals surface area contributed by atoms with Gasteiger partial charge in [-0.25, -0.2) is 4.68 Å². The van der Waals surface area contributed by atoms with Gasteiger partial charge in [0.1, 0.15) is 6.61 Å². The second-order valence-corrected chi connectivity index (χ2v) is 7.97. The van der Waals surface area contributed by atoms with E-state index in [1.807, 2.05) is 29.5 Å². The van der Waals surface area contributed by atoms with Crippen LogP contribution >= 0.6 is 11.3 Å². The molecule has 1 aliphatic heterocycles. The predicted molar refractivity (Wildman–Crippen MR) is 112 cm³/mol. The van der Waals surface area contributed by atoms with Crippen LogP contribution in [0.1, 0.15) is 18.2 Å². The molecule has 1 fully saturated rings. The Morgan fingerprint density at radius 1 is 1.21 bits per heavy atom. The van der Waals surface area contributed by atoms with Gasteiger partial charge < -0.3 is 14.5 Å². The molecule has 0 radical (unpaired) electrons. The summed E-state index contributed by atoms with van der Waals surface area (Å²) in [6.07, 6.45) is 0. The second-order valence-electron chi connectivity index (χ2n) is 6.99. The molecule has 148 valence electrons. The molecular weight excluding hydrogens is 374 g/mol. The van der Waals surface area contributed by atoms with Gasteiger partial charge in [0.2, 0.25) is 5.91 Å². The maximum absolute atomic E-state index is 12.1. The lowest BCUT2D eigenvalue weighted by Crippen LogP contribution is -2.49. The number of fused-ring (bicyclic) bond motifs is 1. The molecule has 1 saturated heterocycles. The Bertz CT molecular complexity index is 988. The van der Waals surface area contributed by atoms with E-state index in [0.717, 1.165) is 39.9 Å². The minimum Gasteiger partial charge on any atom is -0.372 e. The number of piperazine rings is 1. The third kappa shape index (κ3) is 3.62. The number of benzene rings is 1. The Kier molecular flexibility index (Phi) is 5.32. The third-order valence-corrected chi connectivity index (χ3v) is 6.17. The topological polar surface area (TPSA) is 63.5 Å². The Balaban J connectivity index is 1.53. The van der Waals surface area contributed by atoms with Crippen molar-refractivity contribution in [3.63, 3.8) is 0 Å². The molecule has 0 aliphatic carbocycles. The molecule has 28 heavy (non-hydrogen) atoms. The van der Waals surface area contributed by atoms with Gasteiger partial charge in [-0.1, -0.05) is 23.5 Å². The fourth-order valence-electron chi connectivity index (χ4n) is 3.43. The van der Waals surface area contributed by atoms with E-state index < -0.39 is 0 Å². The Hall–Kier alpha value is -2.45. The van der Waals surface area contributed by atoms with Gasteiger partial charge >= 0.3 is 0 Å². The normalized spacial score (nSPS) is 14.8. The molecule has 0 atom stereocenters. The van der Waals surface area contributed by atoms with Gasteiger partial charge in [-0.15, -0.1) is 0 Å². The summed E-state index contributed by atoms with van der Waals surface area (Å²) >= 11 is 1.68. The molecule has 0 saturated carbocycles. The first-order valence-corrected chi connectivity index (χ1v) is 10.4. The monoisotopic (exact) mass is 399 g/mol. The highest BCUT2D eigenvalue weighted by atomic mass is 32.1. The largest absolute Gasteiger partial charge is 0.372 e. The molecule has 0 spiro atoms. The van der Waals surface area contributed by atoms with E-state index in [-0.39, 0.29) is 12.5 Å². The molecule has 0 bridgehead atoms. The minimum atomic E-state index is 0.0664. The first kappa shape index (κ1) is 18.9. The summed E-state index contributed by atoms with van der Waals surface area (Å²) in [5.74, 6) is 0.0664. The number of nitrogens with zero attached hydrogens (tertiary/aromatic N) is 5. The average molecular weight is 400 g/mol. The van der Waals surface area contributed by atoms with Crippen LogP contribution in [0.15, 0.2) is 24.3 Å². The van der Waals surface area contributed by atoms with Gasteiger partial charge in [0.25, 0.3) is 0 Å². The van der Waals surface area contributed by atoms with Crippen LogP contribution in [0.2, 0.25) is 0 Å². The van der Waals surface area contributed by atoms with E-state index in [1.54, 1.807) is 11.3 Å². The van der Waals surface area contributed by atoms with Gasteiger partial charge in [0.15, 0.2) is 10.8 Å². The van der Waals surface area contributed by atoms with Crippen molar-refractivity contribution in [3.8, 4) is 5.69 Å². The van der Waals surface area contributed by atoms with Gasteiger partial charge in [-0.05, 0) is 38.5 Å². The van der Waals surface area contributed by atoms with Crippen LogP contribution in [-0.2, 0) is 9.53 Å². The molecule has 1 amide bonds. The maximum Gasteiger partial charge on any atom is 0.248 e. The second kappa shape index (κ2) is 7.89. The van der Waals surface area contributed by atoms with Crippen molar-refractivity contribution in [1.82, 2.24) is 19.7 Å². The lowest BCUT2D eigenvalue weighted by Gasteiger charge is -2.34. The van der Waals surface area contributed by atoms with Crippen LogP contribution in [0.3, 0.4) is 0 Å². The molecular formula is C20H25N5O2S. The van der Waals surface area contributed by atoms with Crippen molar-refractivity contribution in [2.75, 3.05) is 44.3 Å². The molecule has 1 aromatic carbocycles. The first-order valence-electron chi connectivity index (χ1n) is 9.60. The average Bonchev–Trinajstić information content (AvgIpc) is 3.27. The summed E-state index contributed by atoms with van der Waals surface area (Å²) in [4.78, 5) is 21.2. The van der Waals surface area contributed by atoms with Crippen LogP contribution in [0.25, 0.3) is 16.0 Å². The van der Waals surface area contributed by atoms with E-state index in [4.69, 9.17) is 14.8 Å². The summed E-state index contributed by atoms with van der Waals surface area (Å²) in [6.45, 7) is 9.71. The summed E-state index contributed by atoms with van der Waals surface area (Å²) in [6, 6.07) is 8.30. The molecule has 8 heteroatoms. The van der Waals surface area contributed by atoms with Gasteiger partial charge in [0, 0.05) is 32.8 Å². The fraction of sp³-hybridized carbons (Fsp3) is 0.450. The number of aromatic nitrogens is 3. The van der Waals surface area contributed by atoms with Crippen LogP contribution in [0.4, 0.5) is 5.13 Å². The van der Waals surface area contributed by atoms with Crippen molar-refractivity contribution in [3.05, 3.63) is 35.5 Å². The summed E-state index contributed by atoms with van der Waals surface area (Å²) in [5.41, 5.74) is 4.12. The highest BCUT2D eigenvalue weighted by Gasteiger charge is 2.24. The van der Waals surface area contributed by atoms with Crippen LogP contribution < -0.4 is 4.90 Å². The molecule has 0 N–H and O–H groups in total. The maximum atomic E-state index is 12.1. The van der Waals surface area contributed by atoms with E-state index in [1.165, 1.54) is 5.56 Å². The van der Waals surface area contributed by atoms with E-state index >= 15 is 0 Å². The lowest BCUT2D eigenvalue weighted by atomic mass is 10.2. The summed E-state index contributed by atoms with van der Waals surface area (Å²) in [5, 5.41) is 5.68. The smallest absolute Gasteiger partial charge is 0.248 e. The van der Waals surface area contributed by atoms with Crippen LogP contribution in [0, 0.1) is 13.8 Å². The number of carbonyl (C=O) groups excluding carboxylic acids is 1. The molecule has 7 nitrogen and oxygen atoms in total. The molecule has 3 aromatic rings. The van der Waals surface area contributed by atoms with Crippen molar-refractivity contribution in [2.45, 2.75) is 20.8 Å². The van der Waals surface area contributed by atoms with Crippen molar-refractivity contribution >= 4 is 32.7 Å². The molecule has 3 heterocycles. The van der Waals surface area contributed by atoms with Crippen LogP contribution in [-0.4, -0.2) is 65.0 Å². The number of carbonyl (C=O) groups is 1.